The molecule has 16 heteroatoms. The maximum Gasteiger partial charge on any atom is 0.417 e. The number of alkyl halides is 3. The molecule has 2 heterocycles. The normalized spacial score (nSPS) is 15.5. The molecule has 1 aliphatic rings. The lowest BCUT2D eigenvalue weighted by atomic mass is 10.1. The van der Waals surface area contributed by atoms with Crippen molar-refractivity contribution in [3.8, 4) is 11.5 Å². The molecule has 1 aromatic heterocycles. The zero-order chi connectivity index (χ0) is 30.6. The number of amides is 3. The third-order valence-corrected chi connectivity index (χ3v) is 6.27. The summed E-state index contributed by atoms with van der Waals surface area (Å²) < 4.78 is 65.7. The summed E-state index contributed by atoms with van der Waals surface area (Å²) in [5.41, 5.74) is 5.85. The molecule has 1 aliphatic heterocycles. The summed E-state index contributed by atoms with van der Waals surface area (Å²) in [6.45, 7) is -0.248. The Kier molecular flexibility index (Phi) is 9.14. The highest BCUT2D eigenvalue weighted by Crippen LogP contribution is 2.38. The van der Waals surface area contributed by atoms with Crippen molar-refractivity contribution in [2.75, 3.05) is 23.1 Å². The van der Waals surface area contributed by atoms with E-state index >= 15 is 4.39 Å². The van der Waals surface area contributed by atoms with Crippen molar-refractivity contribution in [3.05, 3.63) is 76.8 Å². The summed E-state index contributed by atoms with van der Waals surface area (Å²) in [6.07, 6.45) is -4.32. The number of nitrogens with one attached hydrogen (secondary N) is 1. The van der Waals surface area contributed by atoms with Crippen LogP contribution in [0.3, 0.4) is 0 Å². The van der Waals surface area contributed by atoms with Crippen LogP contribution >= 0.6 is 11.6 Å². The molecule has 1 unspecified atom stereocenters. The van der Waals surface area contributed by atoms with E-state index in [1.807, 2.05) is 0 Å². The minimum absolute atomic E-state index is 0.0270. The van der Waals surface area contributed by atoms with E-state index in [9.17, 15) is 32.7 Å². The first-order valence-corrected chi connectivity index (χ1v) is 12.6. The Bertz CT molecular complexity index is 1510. The molecule has 0 spiro atoms. The zero-order valence-corrected chi connectivity index (χ0v) is 22.2. The lowest BCUT2D eigenvalue weighted by Gasteiger charge is -2.41. The van der Waals surface area contributed by atoms with E-state index < -0.39 is 46.7 Å². The van der Waals surface area contributed by atoms with Crippen molar-refractivity contribution in [1.29, 1.82) is 0 Å². The number of carbonyl (C=O) groups excluding carboxylic acids is 3. The predicted molar refractivity (Wildman–Crippen MR) is 141 cm³/mol. The molecule has 11 nitrogen and oxygen atoms in total. The van der Waals surface area contributed by atoms with Crippen molar-refractivity contribution < 1.29 is 46.5 Å². The highest BCUT2D eigenvalue weighted by molar-refractivity contribution is 6.31. The Morgan fingerprint density at radius 1 is 1.14 bits per heavy atom. The topological polar surface area (TPSA) is 147 Å². The van der Waals surface area contributed by atoms with Gasteiger partial charge in [-0.3, -0.25) is 4.90 Å². The van der Waals surface area contributed by atoms with Crippen LogP contribution in [-0.4, -0.2) is 47.4 Å². The van der Waals surface area contributed by atoms with Gasteiger partial charge < -0.3 is 20.3 Å². The third-order valence-electron chi connectivity index (χ3n) is 5.94. The Hall–Kier alpha value is -4.47. The number of benzene rings is 2. The lowest BCUT2D eigenvalue weighted by molar-refractivity contribution is -0.137. The molecular weight excluding hydrogens is 590 g/mol. The van der Waals surface area contributed by atoms with Gasteiger partial charge in [0.25, 0.3) is 0 Å². The Labute approximate surface area is 240 Å². The fourth-order valence-electron chi connectivity index (χ4n) is 4.08. The van der Waals surface area contributed by atoms with Crippen LogP contribution in [0.2, 0.25) is 5.02 Å². The van der Waals surface area contributed by atoms with Crippen molar-refractivity contribution >= 4 is 41.1 Å². The number of nitrogens with zero attached hydrogens (tertiary/aromatic N) is 3. The average molecular weight is 612 g/mol. The molecule has 0 bridgehead atoms. The zero-order valence-electron chi connectivity index (χ0n) is 21.4. The molecular formula is C26H22ClF4N5O6. The molecule has 0 aliphatic carbocycles. The first kappa shape index (κ1) is 30.5. The summed E-state index contributed by atoms with van der Waals surface area (Å²) >= 11 is 5.74. The van der Waals surface area contributed by atoms with Crippen LogP contribution in [0.25, 0.3) is 0 Å². The van der Waals surface area contributed by atoms with Crippen LogP contribution in [0.1, 0.15) is 28.9 Å². The molecule has 0 radical (unpaired) electrons. The number of ether oxygens (including phenoxy) is 2. The number of hydrazine groups is 1. The Morgan fingerprint density at radius 2 is 1.88 bits per heavy atom. The molecule has 3 amide bonds. The smallest absolute Gasteiger partial charge is 0.417 e. The van der Waals surface area contributed by atoms with Gasteiger partial charge in [-0.15, -0.1) is 0 Å². The van der Waals surface area contributed by atoms with E-state index in [1.165, 1.54) is 30.5 Å². The second-order valence-electron chi connectivity index (χ2n) is 8.88. The maximum atomic E-state index is 15.4. The van der Waals surface area contributed by atoms with Gasteiger partial charge in [-0.05, 0) is 49.2 Å². The van der Waals surface area contributed by atoms with E-state index in [0.29, 0.717) is 12.8 Å². The predicted octanol–water partition coefficient (Wildman–Crippen LogP) is 5.01. The van der Waals surface area contributed by atoms with Gasteiger partial charge in [-0.25, -0.2) is 34.2 Å². The van der Waals surface area contributed by atoms with E-state index in [4.69, 9.17) is 22.1 Å². The number of urea groups is 1. The minimum atomic E-state index is -4.78. The minimum Gasteiger partial charge on any atom is -0.457 e. The van der Waals surface area contributed by atoms with Gasteiger partial charge in [0, 0.05) is 43.2 Å². The standard InChI is InChI=1S/C26H22ClF4N5O6/c27-19-5-3-15(10-18(19)26(29,30)31)35-13-14(2-1-9-37)34-36(25(35)40)22-6-4-16(11-20(22)28)41-17-7-8-33-21(12-17)23(38)42-24(32)39/h3-8,10-12,14,34,37H,1-2,9,13H2,(H2,32,39). The maximum absolute atomic E-state index is 15.4. The van der Waals surface area contributed by atoms with Crippen molar-refractivity contribution in [2.45, 2.75) is 25.1 Å². The number of aliphatic hydroxyl groups is 1. The fourth-order valence-corrected chi connectivity index (χ4v) is 4.30. The van der Waals surface area contributed by atoms with E-state index in [0.717, 1.165) is 34.2 Å². The second kappa shape index (κ2) is 12.6. The third kappa shape index (κ3) is 7.05. The van der Waals surface area contributed by atoms with Crippen molar-refractivity contribution in [1.82, 2.24) is 10.4 Å². The molecule has 3 aromatic rings. The number of primary amides is 1. The second-order valence-corrected chi connectivity index (χ2v) is 9.29. The van der Waals surface area contributed by atoms with Gasteiger partial charge >= 0.3 is 24.3 Å². The number of anilines is 2. The van der Waals surface area contributed by atoms with Crippen LogP contribution in [-0.2, 0) is 10.9 Å². The highest BCUT2D eigenvalue weighted by atomic mass is 35.5. The van der Waals surface area contributed by atoms with Crippen molar-refractivity contribution in [3.63, 3.8) is 0 Å². The number of hydrogen-bond donors (Lipinski definition) is 3. The monoisotopic (exact) mass is 611 g/mol. The summed E-state index contributed by atoms with van der Waals surface area (Å²) in [5.74, 6) is -2.10. The molecule has 2 aromatic carbocycles. The summed E-state index contributed by atoms with van der Waals surface area (Å²) in [5, 5.41) is 9.58. The molecule has 4 rings (SSSR count). The van der Waals surface area contributed by atoms with E-state index in [2.05, 4.69) is 15.1 Å². The van der Waals surface area contributed by atoms with E-state index in [-0.39, 0.29) is 41.7 Å². The molecule has 222 valence electrons. The van der Waals surface area contributed by atoms with Gasteiger partial charge in [0.15, 0.2) is 11.5 Å². The number of pyridine rings is 1. The number of halogens is 5. The SMILES string of the molecule is NC(=O)OC(=O)c1cc(Oc2ccc(N3NC(CCCO)CN(c4ccc(Cl)c(C(F)(F)F)c4)C3=O)c(F)c2)ccn1. The molecule has 42 heavy (non-hydrogen) atoms. The van der Waals surface area contributed by atoms with Crippen LogP contribution < -0.4 is 25.8 Å². The van der Waals surface area contributed by atoms with Gasteiger partial charge in [0.2, 0.25) is 0 Å². The summed E-state index contributed by atoms with van der Waals surface area (Å²) in [6, 6.07) is 7.49. The van der Waals surface area contributed by atoms with Gasteiger partial charge in [0.1, 0.15) is 11.5 Å². The van der Waals surface area contributed by atoms with Crippen molar-refractivity contribution in [2.24, 2.45) is 5.73 Å². The number of carbonyl (C=O) groups is 3. The highest BCUT2D eigenvalue weighted by Gasteiger charge is 2.38. The molecule has 1 atom stereocenters. The largest absolute Gasteiger partial charge is 0.457 e. The van der Waals surface area contributed by atoms with Gasteiger partial charge in [0.05, 0.1) is 16.3 Å². The summed E-state index contributed by atoms with van der Waals surface area (Å²) in [7, 11) is 0. The Balaban J connectivity index is 1.61. The van der Waals surface area contributed by atoms with Crippen LogP contribution in [0.4, 0.5) is 38.5 Å². The van der Waals surface area contributed by atoms with Crippen LogP contribution in [0, 0.1) is 5.82 Å². The molecule has 1 saturated heterocycles. The number of nitrogens with two attached hydrogens (primary N) is 1. The number of aliphatic hydroxyl groups excluding tert-OH is 1. The number of rotatable bonds is 8. The van der Waals surface area contributed by atoms with Crippen LogP contribution in [0.5, 0.6) is 11.5 Å². The number of aromatic nitrogens is 1. The molecule has 1 fully saturated rings. The van der Waals surface area contributed by atoms with Crippen LogP contribution in [0.15, 0.2) is 54.7 Å². The summed E-state index contributed by atoms with van der Waals surface area (Å²) in [4.78, 5) is 40.9. The molecule has 4 N–H and O–H groups in total. The van der Waals surface area contributed by atoms with E-state index in [1.54, 1.807) is 0 Å². The molecule has 0 saturated carbocycles. The quantitative estimate of drug-likeness (QED) is 0.183. The average Bonchev–Trinajstić information content (AvgIpc) is 2.92. The first-order valence-electron chi connectivity index (χ1n) is 12.2. The lowest BCUT2D eigenvalue weighted by Crippen LogP contribution is -2.63. The Morgan fingerprint density at radius 3 is 2.55 bits per heavy atom. The fraction of sp³-hybridized carbons (Fsp3) is 0.231. The number of hydrogen-bond acceptors (Lipinski definition) is 8. The number of esters is 1. The van der Waals surface area contributed by atoms with Gasteiger partial charge in [-0.1, -0.05) is 11.6 Å². The first-order chi connectivity index (χ1) is 19.9. The van der Waals surface area contributed by atoms with Gasteiger partial charge in [-0.2, -0.15) is 13.2 Å².